The van der Waals surface area contributed by atoms with Gasteiger partial charge >= 0.3 is 0 Å². The molecule has 29 heavy (non-hydrogen) atoms. The van der Waals surface area contributed by atoms with Gasteiger partial charge in [-0.15, -0.1) is 0 Å². The van der Waals surface area contributed by atoms with Gasteiger partial charge in [-0.1, -0.05) is 6.07 Å². The van der Waals surface area contributed by atoms with E-state index in [2.05, 4.69) is 15.5 Å². The van der Waals surface area contributed by atoms with E-state index in [0.717, 1.165) is 24.2 Å². The largest absolute Gasteiger partial charge is 0.355 e. The van der Waals surface area contributed by atoms with Crippen LogP contribution in [0.25, 0.3) is 0 Å². The van der Waals surface area contributed by atoms with Gasteiger partial charge in [-0.3, -0.25) is 23.9 Å². The Morgan fingerprint density at radius 3 is 2.83 bits per heavy atom. The van der Waals surface area contributed by atoms with E-state index >= 15 is 0 Å². The zero-order valence-electron chi connectivity index (χ0n) is 16.5. The number of nitrogens with one attached hydrogen (secondary N) is 2. The van der Waals surface area contributed by atoms with E-state index in [-0.39, 0.29) is 29.2 Å². The summed E-state index contributed by atoms with van der Waals surface area (Å²) in [6, 6.07) is 6.66. The number of thiophene rings is 1. The fraction of sp³-hybridized carbons (Fsp3) is 0.476. The second-order valence-corrected chi connectivity index (χ2v) is 8.57. The van der Waals surface area contributed by atoms with Gasteiger partial charge in [0.05, 0.1) is 6.54 Å². The van der Waals surface area contributed by atoms with Crippen molar-refractivity contribution in [2.24, 2.45) is 5.92 Å². The number of likely N-dealkylation sites (N-methyl/N-ethyl adjacent to an activating group) is 1. The summed E-state index contributed by atoms with van der Waals surface area (Å²) >= 11 is 1.59. The molecule has 2 N–H and O–H groups in total. The molecule has 0 aromatic carbocycles. The Kier molecular flexibility index (Phi) is 5.82. The van der Waals surface area contributed by atoms with Crippen molar-refractivity contribution >= 4 is 23.2 Å². The van der Waals surface area contributed by atoms with Crippen LogP contribution < -0.4 is 16.2 Å². The first kappa shape index (κ1) is 19.8. The molecule has 0 saturated carbocycles. The Bertz CT molecular complexity index is 940. The van der Waals surface area contributed by atoms with E-state index in [9.17, 15) is 14.4 Å². The number of likely N-dealkylation sites (tertiary alicyclic amines) is 1. The maximum Gasteiger partial charge on any atom is 0.251 e. The molecule has 2 amide bonds. The molecule has 4 heterocycles. The highest BCUT2D eigenvalue weighted by Crippen LogP contribution is 2.41. The first-order chi connectivity index (χ1) is 14.1. The van der Waals surface area contributed by atoms with Crippen LogP contribution in [0.3, 0.4) is 0 Å². The third-order valence-electron chi connectivity index (χ3n) is 5.78. The molecule has 2 aromatic rings. The van der Waals surface area contributed by atoms with E-state index in [1.54, 1.807) is 22.0 Å². The second-order valence-electron chi connectivity index (χ2n) is 7.79. The van der Waals surface area contributed by atoms with Crippen molar-refractivity contribution in [1.82, 2.24) is 20.1 Å². The van der Waals surface area contributed by atoms with Gasteiger partial charge in [0.15, 0.2) is 0 Å². The quantitative estimate of drug-likeness (QED) is 0.747. The predicted octanol–water partition coefficient (Wildman–Crippen LogP) is 1.32. The lowest BCUT2D eigenvalue weighted by Gasteiger charge is -2.46. The molecule has 0 radical (unpaired) electrons. The van der Waals surface area contributed by atoms with Crippen molar-refractivity contribution in [3.63, 3.8) is 0 Å². The minimum Gasteiger partial charge on any atom is -0.355 e. The van der Waals surface area contributed by atoms with Gasteiger partial charge in [0.2, 0.25) is 11.8 Å². The monoisotopic (exact) mass is 414 g/mol. The lowest BCUT2D eigenvalue weighted by atomic mass is 9.78. The van der Waals surface area contributed by atoms with Crippen molar-refractivity contribution in [1.29, 1.82) is 0 Å². The predicted molar refractivity (Wildman–Crippen MR) is 112 cm³/mol. The SMILES string of the molecule is CCNC(=O)CN1C[C@H]2C[C@@H](C1)[C@H](C(=O)NCc1ccsc1)n1c2cccc1=O. The highest BCUT2D eigenvalue weighted by atomic mass is 32.1. The summed E-state index contributed by atoms with van der Waals surface area (Å²) in [6.07, 6.45) is 0.853. The number of hydrogen-bond donors (Lipinski definition) is 2. The van der Waals surface area contributed by atoms with Crippen molar-refractivity contribution in [3.8, 4) is 0 Å². The average Bonchev–Trinajstić information content (AvgIpc) is 3.21. The molecule has 154 valence electrons. The summed E-state index contributed by atoms with van der Waals surface area (Å²) in [5, 5.41) is 9.84. The van der Waals surface area contributed by atoms with Gasteiger partial charge in [0.25, 0.3) is 5.56 Å². The van der Waals surface area contributed by atoms with Crippen LogP contribution in [-0.4, -0.2) is 47.5 Å². The minimum absolute atomic E-state index is 0.00162. The Hall–Kier alpha value is -2.45. The summed E-state index contributed by atoms with van der Waals surface area (Å²) in [4.78, 5) is 40.1. The second kappa shape index (κ2) is 8.51. The summed E-state index contributed by atoms with van der Waals surface area (Å²) in [7, 11) is 0. The molecule has 0 unspecified atom stereocenters. The highest BCUT2D eigenvalue weighted by molar-refractivity contribution is 7.07. The summed E-state index contributed by atoms with van der Waals surface area (Å²) in [6.45, 7) is 4.63. The number of fused-ring (bicyclic) bond motifs is 4. The van der Waals surface area contributed by atoms with Gasteiger partial charge in [0, 0.05) is 49.8 Å². The van der Waals surface area contributed by atoms with Gasteiger partial charge in [0.1, 0.15) is 6.04 Å². The molecular formula is C21H26N4O3S. The molecular weight excluding hydrogens is 388 g/mol. The third kappa shape index (κ3) is 4.13. The number of rotatable bonds is 6. The normalized spacial score (nSPS) is 23.3. The third-order valence-corrected chi connectivity index (χ3v) is 6.51. The first-order valence-electron chi connectivity index (χ1n) is 10.1. The van der Waals surface area contributed by atoms with Gasteiger partial charge < -0.3 is 10.6 Å². The number of carbonyl (C=O) groups excluding carboxylic acids is 2. The van der Waals surface area contributed by atoms with Crippen LogP contribution in [0.4, 0.5) is 0 Å². The first-order valence-corrected chi connectivity index (χ1v) is 11.0. The topological polar surface area (TPSA) is 83.4 Å². The lowest BCUT2D eigenvalue weighted by molar-refractivity contribution is -0.128. The number of piperidine rings is 1. The number of carbonyl (C=O) groups is 2. The van der Waals surface area contributed by atoms with Crippen LogP contribution in [0, 0.1) is 5.92 Å². The Morgan fingerprint density at radius 2 is 2.07 bits per heavy atom. The Morgan fingerprint density at radius 1 is 1.21 bits per heavy atom. The van der Waals surface area contributed by atoms with Crippen LogP contribution in [0.15, 0.2) is 39.8 Å². The minimum atomic E-state index is -0.550. The van der Waals surface area contributed by atoms with E-state index < -0.39 is 6.04 Å². The van der Waals surface area contributed by atoms with Gasteiger partial charge in [-0.05, 0) is 41.8 Å². The summed E-state index contributed by atoms with van der Waals surface area (Å²) in [5.41, 5.74) is 1.81. The molecule has 0 aliphatic carbocycles. The van der Waals surface area contributed by atoms with Gasteiger partial charge in [-0.25, -0.2) is 0 Å². The number of hydrogen-bond acceptors (Lipinski definition) is 5. The molecule has 2 aliphatic rings. The number of nitrogens with zero attached hydrogens (tertiary/aromatic N) is 2. The molecule has 2 aliphatic heterocycles. The van der Waals surface area contributed by atoms with Crippen molar-refractivity contribution in [2.45, 2.75) is 31.8 Å². The van der Waals surface area contributed by atoms with Crippen LogP contribution >= 0.6 is 11.3 Å². The molecule has 1 fully saturated rings. The van der Waals surface area contributed by atoms with E-state index in [1.807, 2.05) is 29.8 Å². The van der Waals surface area contributed by atoms with E-state index in [4.69, 9.17) is 0 Å². The Balaban J connectivity index is 1.59. The van der Waals surface area contributed by atoms with Gasteiger partial charge in [-0.2, -0.15) is 11.3 Å². The molecule has 7 nitrogen and oxygen atoms in total. The maximum absolute atomic E-state index is 13.2. The van der Waals surface area contributed by atoms with Crippen molar-refractivity contribution in [2.75, 3.05) is 26.2 Å². The Labute approximate surface area is 173 Å². The fourth-order valence-corrected chi connectivity index (χ4v) is 5.31. The highest BCUT2D eigenvalue weighted by Gasteiger charge is 2.43. The molecule has 4 rings (SSSR count). The number of pyridine rings is 1. The summed E-state index contributed by atoms with van der Waals surface area (Å²) in [5.74, 6) is 0.0155. The van der Waals surface area contributed by atoms with E-state index in [1.165, 1.54) is 6.07 Å². The molecule has 2 bridgehead atoms. The van der Waals surface area contributed by atoms with Crippen LogP contribution in [-0.2, 0) is 16.1 Å². The summed E-state index contributed by atoms with van der Waals surface area (Å²) < 4.78 is 1.69. The van der Waals surface area contributed by atoms with Crippen molar-refractivity contribution in [3.05, 3.63) is 56.6 Å². The average molecular weight is 415 g/mol. The zero-order valence-corrected chi connectivity index (χ0v) is 17.3. The lowest BCUT2D eigenvalue weighted by Crippen LogP contribution is -2.54. The molecule has 3 atom stereocenters. The molecule has 8 heteroatoms. The zero-order chi connectivity index (χ0) is 20.4. The number of amides is 2. The molecule has 2 aromatic heterocycles. The molecule has 0 spiro atoms. The van der Waals surface area contributed by atoms with Crippen molar-refractivity contribution < 1.29 is 9.59 Å². The number of aromatic nitrogens is 1. The van der Waals surface area contributed by atoms with Crippen LogP contribution in [0.5, 0.6) is 0 Å². The maximum atomic E-state index is 13.2. The standard InChI is InChI=1S/C21H26N4O3S/c1-2-22-18(26)12-24-10-15-8-16(11-24)20(25-17(15)4-3-5-19(25)27)21(28)23-9-14-6-7-29-13-14/h3-7,13,15-16,20H,2,8-12H2,1H3,(H,22,26)(H,23,28)/t15-,16+,20-/m1/s1. The van der Waals surface area contributed by atoms with E-state index in [0.29, 0.717) is 26.2 Å². The van der Waals surface area contributed by atoms with Crippen LogP contribution in [0.1, 0.15) is 36.6 Å². The fourth-order valence-electron chi connectivity index (χ4n) is 4.64. The van der Waals surface area contributed by atoms with Crippen LogP contribution in [0.2, 0.25) is 0 Å². The smallest absolute Gasteiger partial charge is 0.251 e. The molecule has 1 saturated heterocycles.